The maximum atomic E-state index is 12.8. The van der Waals surface area contributed by atoms with Crippen molar-refractivity contribution in [1.82, 2.24) is 4.57 Å². The Bertz CT molecular complexity index is 833. The van der Waals surface area contributed by atoms with Crippen molar-refractivity contribution < 1.29 is 9.50 Å². The molecular formula is C15H13FN4O2. The summed E-state index contributed by atoms with van der Waals surface area (Å²) in [6.07, 6.45) is 0. The van der Waals surface area contributed by atoms with Crippen LogP contribution in [-0.2, 0) is 6.54 Å². The molecule has 2 aromatic rings. The molecule has 0 bridgehead atoms. The standard InChI is InChI=1S/C15H13FN4O2/c1-3-20-14(21)12(8-17)9(2)13(15(20)22)19-18-11-6-4-10(16)5-7-11/h4-7,21H,3H2,1-2H3. The molecule has 22 heavy (non-hydrogen) atoms. The smallest absolute Gasteiger partial charge is 0.281 e. The third kappa shape index (κ3) is 2.72. The van der Waals surface area contributed by atoms with Crippen LogP contribution in [-0.4, -0.2) is 9.67 Å². The monoisotopic (exact) mass is 300 g/mol. The summed E-state index contributed by atoms with van der Waals surface area (Å²) in [4.78, 5) is 12.3. The summed E-state index contributed by atoms with van der Waals surface area (Å²) >= 11 is 0. The molecule has 0 aliphatic heterocycles. The molecule has 1 aromatic heterocycles. The topological polar surface area (TPSA) is 90.7 Å². The van der Waals surface area contributed by atoms with Crippen molar-refractivity contribution in [3.8, 4) is 11.9 Å². The second kappa shape index (κ2) is 6.18. The van der Waals surface area contributed by atoms with Crippen LogP contribution in [0.1, 0.15) is 18.1 Å². The number of benzene rings is 1. The van der Waals surface area contributed by atoms with Crippen molar-refractivity contribution in [2.45, 2.75) is 20.4 Å². The Morgan fingerprint density at radius 3 is 2.50 bits per heavy atom. The van der Waals surface area contributed by atoms with Gasteiger partial charge in [-0.25, -0.2) is 4.39 Å². The van der Waals surface area contributed by atoms with Crippen molar-refractivity contribution in [2.24, 2.45) is 10.2 Å². The number of nitriles is 1. The van der Waals surface area contributed by atoms with Gasteiger partial charge < -0.3 is 5.11 Å². The predicted octanol–water partition coefficient (Wildman–Crippen LogP) is 3.31. The van der Waals surface area contributed by atoms with Gasteiger partial charge in [0.2, 0.25) is 5.88 Å². The van der Waals surface area contributed by atoms with E-state index in [4.69, 9.17) is 5.26 Å². The fourth-order valence-corrected chi connectivity index (χ4v) is 1.97. The van der Waals surface area contributed by atoms with E-state index in [1.165, 1.54) is 31.2 Å². The normalized spacial score (nSPS) is 10.8. The number of rotatable bonds is 3. The van der Waals surface area contributed by atoms with Gasteiger partial charge in [0.05, 0.1) is 5.69 Å². The van der Waals surface area contributed by atoms with Gasteiger partial charge in [0, 0.05) is 12.1 Å². The minimum atomic E-state index is -0.539. The minimum absolute atomic E-state index is 0.0190. The van der Waals surface area contributed by atoms with Crippen LogP contribution in [0.3, 0.4) is 0 Å². The first-order valence-corrected chi connectivity index (χ1v) is 6.53. The predicted molar refractivity (Wildman–Crippen MR) is 78.1 cm³/mol. The highest BCUT2D eigenvalue weighted by Gasteiger charge is 2.18. The maximum Gasteiger partial charge on any atom is 0.281 e. The summed E-state index contributed by atoms with van der Waals surface area (Å²) in [5.74, 6) is -0.784. The van der Waals surface area contributed by atoms with E-state index in [0.29, 0.717) is 5.69 Å². The zero-order chi connectivity index (χ0) is 16.3. The van der Waals surface area contributed by atoms with E-state index in [9.17, 15) is 14.3 Å². The first-order chi connectivity index (χ1) is 10.5. The fraction of sp³-hybridized carbons (Fsp3) is 0.200. The van der Waals surface area contributed by atoms with Crippen LogP contribution in [0.4, 0.5) is 15.8 Å². The van der Waals surface area contributed by atoms with Crippen LogP contribution in [0.2, 0.25) is 0 Å². The van der Waals surface area contributed by atoms with Crippen LogP contribution in [0, 0.1) is 24.1 Å². The first-order valence-electron chi connectivity index (χ1n) is 6.53. The molecule has 0 saturated carbocycles. The van der Waals surface area contributed by atoms with E-state index in [1.807, 2.05) is 6.07 Å². The van der Waals surface area contributed by atoms with Gasteiger partial charge in [-0.15, -0.1) is 5.11 Å². The Labute approximate surface area is 125 Å². The highest BCUT2D eigenvalue weighted by Crippen LogP contribution is 2.26. The third-order valence-electron chi connectivity index (χ3n) is 3.18. The lowest BCUT2D eigenvalue weighted by Gasteiger charge is -2.10. The number of azo groups is 1. The fourth-order valence-electron chi connectivity index (χ4n) is 1.97. The highest BCUT2D eigenvalue weighted by molar-refractivity contribution is 5.56. The quantitative estimate of drug-likeness (QED) is 0.881. The zero-order valence-electron chi connectivity index (χ0n) is 12.0. The molecule has 0 atom stereocenters. The zero-order valence-corrected chi connectivity index (χ0v) is 12.0. The summed E-state index contributed by atoms with van der Waals surface area (Å²) < 4.78 is 13.9. The minimum Gasteiger partial charge on any atom is -0.493 e. The molecule has 0 fully saturated rings. The average molecular weight is 300 g/mol. The summed E-state index contributed by atoms with van der Waals surface area (Å²) in [5, 5.41) is 26.8. The number of halogens is 1. The molecule has 0 radical (unpaired) electrons. The van der Waals surface area contributed by atoms with Crippen molar-refractivity contribution in [3.05, 3.63) is 51.6 Å². The van der Waals surface area contributed by atoms with Gasteiger partial charge in [0.25, 0.3) is 5.56 Å². The molecule has 1 N–H and O–H groups in total. The number of nitrogens with zero attached hydrogens (tertiary/aromatic N) is 4. The Hall–Kier alpha value is -3.01. The summed E-state index contributed by atoms with van der Waals surface area (Å²) in [5.41, 5.74) is 0.0350. The number of pyridine rings is 1. The number of hydrogen-bond donors (Lipinski definition) is 1. The van der Waals surface area contributed by atoms with Gasteiger partial charge in [0.1, 0.15) is 17.4 Å². The lowest BCUT2D eigenvalue weighted by atomic mass is 10.1. The van der Waals surface area contributed by atoms with Gasteiger partial charge in [-0.2, -0.15) is 10.4 Å². The molecule has 7 heteroatoms. The molecule has 2 rings (SSSR count). The first kappa shape index (κ1) is 15.4. The van der Waals surface area contributed by atoms with E-state index in [0.717, 1.165) is 4.57 Å². The molecule has 6 nitrogen and oxygen atoms in total. The van der Waals surface area contributed by atoms with Crippen LogP contribution in [0.5, 0.6) is 5.88 Å². The van der Waals surface area contributed by atoms with E-state index < -0.39 is 11.4 Å². The molecule has 1 aromatic carbocycles. The highest BCUT2D eigenvalue weighted by atomic mass is 19.1. The second-order valence-electron chi connectivity index (χ2n) is 4.51. The van der Waals surface area contributed by atoms with Gasteiger partial charge in [0.15, 0.2) is 5.69 Å². The average Bonchev–Trinajstić information content (AvgIpc) is 2.50. The Kier molecular flexibility index (Phi) is 4.32. The third-order valence-corrected chi connectivity index (χ3v) is 3.18. The molecule has 112 valence electrons. The lowest BCUT2D eigenvalue weighted by molar-refractivity contribution is 0.409. The number of aromatic nitrogens is 1. The lowest BCUT2D eigenvalue weighted by Crippen LogP contribution is -2.20. The van der Waals surface area contributed by atoms with Crippen molar-refractivity contribution in [2.75, 3.05) is 0 Å². The van der Waals surface area contributed by atoms with Crippen LogP contribution >= 0.6 is 0 Å². The van der Waals surface area contributed by atoms with E-state index in [2.05, 4.69) is 10.2 Å². The SMILES string of the molecule is CCn1c(O)c(C#N)c(C)c(N=Nc2ccc(F)cc2)c1=O. The molecule has 0 amide bonds. The van der Waals surface area contributed by atoms with E-state index in [-0.39, 0.29) is 29.2 Å². The van der Waals surface area contributed by atoms with Crippen molar-refractivity contribution in [3.63, 3.8) is 0 Å². The largest absolute Gasteiger partial charge is 0.493 e. The van der Waals surface area contributed by atoms with Gasteiger partial charge in [-0.3, -0.25) is 9.36 Å². The number of hydrogen-bond acceptors (Lipinski definition) is 5. The van der Waals surface area contributed by atoms with Gasteiger partial charge >= 0.3 is 0 Å². The molecule has 0 spiro atoms. The summed E-state index contributed by atoms with van der Waals surface area (Å²) in [7, 11) is 0. The number of aromatic hydroxyl groups is 1. The van der Waals surface area contributed by atoms with Crippen molar-refractivity contribution in [1.29, 1.82) is 5.26 Å². The molecule has 0 aliphatic carbocycles. The van der Waals surface area contributed by atoms with E-state index in [1.54, 1.807) is 6.92 Å². The molecule has 1 heterocycles. The maximum absolute atomic E-state index is 12.8. The Balaban J connectivity index is 2.58. The Morgan fingerprint density at radius 2 is 1.95 bits per heavy atom. The van der Waals surface area contributed by atoms with Gasteiger partial charge in [-0.1, -0.05) is 0 Å². The summed E-state index contributed by atoms with van der Waals surface area (Å²) in [6, 6.07) is 7.13. The molecule has 0 unspecified atom stereocenters. The molecule has 0 aliphatic rings. The second-order valence-corrected chi connectivity index (χ2v) is 4.51. The van der Waals surface area contributed by atoms with Crippen LogP contribution in [0.15, 0.2) is 39.3 Å². The van der Waals surface area contributed by atoms with Crippen molar-refractivity contribution >= 4 is 11.4 Å². The van der Waals surface area contributed by atoms with E-state index >= 15 is 0 Å². The molecule has 0 saturated heterocycles. The molecular weight excluding hydrogens is 287 g/mol. The summed E-state index contributed by atoms with van der Waals surface area (Å²) in [6.45, 7) is 3.37. The van der Waals surface area contributed by atoms with Crippen LogP contribution < -0.4 is 5.56 Å². The van der Waals surface area contributed by atoms with Gasteiger partial charge in [-0.05, 0) is 38.1 Å². The Morgan fingerprint density at radius 1 is 1.32 bits per heavy atom. The van der Waals surface area contributed by atoms with Crippen LogP contribution in [0.25, 0.3) is 0 Å².